The number of hydrogen-bond acceptors (Lipinski definition) is 5. The van der Waals surface area contributed by atoms with E-state index in [9.17, 15) is 22.4 Å². The molecule has 2 aromatic rings. The van der Waals surface area contributed by atoms with E-state index in [0.29, 0.717) is 5.75 Å². The highest BCUT2D eigenvalue weighted by Gasteiger charge is 2.16. The summed E-state index contributed by atoms with van der Waals surface area (Å²) in [5.74, 6) is -1.41. The van der Waals surface area contributed by atoms with E-state index in [0.717, 1.165) is 6.26 Å². The zero-order valence-corrected chi connectivity index (χ0v) is 15.3. The molecule has 2 rings (SSSR count). The number of carbonyl (C=O) groups is 2. The summed E-state index contributed by atoms with van der Waals surface area (Å²) in [4.78, 5) is 24.1. The van der Waals surface area contributed by atoms with Crippen LogP contribution in [-0.2, 0) is 14.8 Å². The van der Waals surface area contributed by atoms with Crippen LogP contribution in [0.25, 0.3) is 0 Å². The average Bonchev–Trinajstić information content (AvgIpc) is 2.60. The van der Waals surface area contributed by atoms with Crippen LogP contribution in [0.4, 0.5) is 10.1 Å². The van der Waals surface area contributed by atoms with Crippen LogP contribution in [0, 0.1) is 5.82 Å². The molecule has 2 amide bonds. The van der Waals surface area contributed by atoms with Crippen molar-refractivity contribution < 1.29 is 27.1 Å². The Kier molecular flexibility index (Phi) is 6.35. The lowest BCUT2D eigenvalue weighted by Crippen LogP contribution is -2.47. The van der Waals surface area contributed by atoms with Gasteiger partial charge in [0.1, 0.15) is 11.6 Å². The molecule has 1 atom stereocenters. The maximum Gasteiger partial charge on any atom is 0.279 e. The molecular weight excluding hydrogens is 377 g/mol. The van der Waals surface area contributed by atoms with Gasteiger partial charge < -0.3 is 4.74 Å². The van der Waals surface area contributed by atoms with Crippen LogP contribution < -0.4 is 20.3 Å². The second-order valence-corrected chi connectivity index (χ2v) is 7.36. The van der Waals surface area contributed by atoms with Gasteiger partial charge in [-0.2, -0.15) is 0 Å². The van der Waals surface area contributed by atoms with Gasteiger partial charge in [0.25, 0.3) is 11.8 Å². The number of sulfonamides is 1. The standard InChI is InChI=1S/C17H18FN3O5S/c1-11(26-15-8-6-13(18)7-9-15)16(22)19-20-17(23)12-4-3-5-14(10-12)21-27(2,24)25/h3-11,21H,1-2H3,(H,19,22)(H,20,23). The Hall–Kier alpha value is -3.14. The second-order valence-electron chi connectivity index (χ2n) is 5.61. The van der Waals surface area contributed by atoms with E-state index in [1.807, 2.05) is 0 Å². The van der Waals surface area contributed by atoms with Gasteiger partial charge in [-0.05, 0) is 49.4 Å². The van der Waals surface area contributed by atoms with Gasteiger partial charge in [-0.25, -0.2) is 12.8 Å². The molecule has 2 aromatic carbocycles. The fraction of sp³-hybridized carbons (Fsp3) is 0.176. The van der Waals surface area contributed by atoms with E-state index < -0.39 is 33.8 Å². The lowest BCUT2D eigenvalue weighted by Gasteiger charge is -2.15. The van der Waals surface area contributed by atoms with E-state index in [1.54, 1.807) is 0 Å². The van der Waals surface area contributed by atoms with E-state index in [1.165, 1.54) is 55.5 Å². The highest BCUT2D eigenvalue weighted by molar-refractivity contribution is 7.92. The zero-order chi connectivity index (χ0) is 20.0. The largest absolute Gasteiger partial charge is 0.481 e. The molecule has 0 aromatic heterocycles. The number of hydrazine groups is 1. The Morgan fingerprint density at radius 3 is 2.37 bits per heavy atom. The first-order chi connectivity index (χ1) is 12.6. The molecule has 0 aliphatic rings. The molecule has 0 saturated carbocycles. The summed E-state index contributed by atoms with van der Waals surface area (Å²) in [6.45, 7) is 1.46. The number of hydrogen-bond donors (Lipinski definition) is 3. The van der Waals surface area contributed by atoms with Gasteiger partial charge in [-0.15, -0.1) is 0 Å². The third-order valence-corrected chi connectivity index (χ3v) is 3.83. The van der Waals surface area contributed by atoms with Crippen molar-refractivity contribution in [2.24, 2.45) is 0 Å². The van der Waals surface area contributed by atoms with Crippen LogP contribution in [0.3, 0.4) is 0 Å². The van der Waals surface area contributed by atoms with Gasteiger partial charge in [0.2, 0.25) is 10.0 Å². The Bertz CT molecular complexity index is 932. The minimum absolute atomic E-state index is 0.135. The number of benzene rings is 2. The smallest absolute Gasteiger partial charge is 0.279 e. The first kappa shape index (κ1) is 20.2. The number of amides is 2. The van der Waals surface area contributed by atoms with Gasteiger partial charge in [0.05, 0.1) is 6.26 Å². The molecule has 10 heteroatoms. The van der Waals surface area contributed by atoms with Crippen molar-refractivity contribution in [3.8, 4) is 5.75 Å². The Morgan fingerprint density at radius 1 is 1.07 bits per heavy atom. The SMILES string of the molecule is CC(Oc1ccc(F)cc1)C(=O)NNC(=O)c1cccc(NS(C)(=O)=O)c1. The minimum Gasteiger partial charge on any atom is -0.481 e. The monoisotopic (exact) mass is 395 g/mol. The molecule has 0 aliphatic carbocycles. The lowest BCUT2D eigenvalue weighted by molar-refractivity contribution is -0.128. The van der Waals surface area contributed by atoms with Gasteiger partial charge in [0.15, 0.2) is 6.10 Å². The third kappa shape index (κ3) is 6.59. The fourth-order valence-corrected chi connectivity index (χ4v) is 2.56. The quantitative estimate of drug-likeness (QED) is 0.641. The molecule has 0 fully saturated rings. The number of ether oxygens (including phenoxy) is 1. The third-order valence-electron chi connectivity index (χ3n) is 3.22. The van der Waals surface area contributed by atoms with Crippen molar-refractivity contribution in [1.82, 2.24) is 10.9 Å². The van der Waals surface area contributed by atoms with E-state index >= 15 is 0 Å². The predicted molar refractivity (Wildman–Crippen MR) is 97.0 cm³/mol. The number of rotatable bonds is 6. The molecule has 0 radical (unpaired) electrons. The summed E-state index contributed by atoms with van der Waals surface area (Å²) < 4.78 is 42.9. The highest BCUT2D eigenvalue weighted by Crippen LogP contribution is 2.13. The van der Waals surface area contributed by atoms with Crippen LogP contribution in [0.1, 0.15) is 17.3 Å². The fourth-order valence-electron chi connectivity index (χ4n) is 2.00. The maximum atomic E-state index is 12.9. The van der Waals surface area contributed by atoms with Crippen LogP contribution in [0.15, 0.2) is 48.5 Å². The summed E-state index contributed by atoms with van der Waals surface area (Å²) in [5.41, 5.74) is 4.76. The number of carbonyl (C=O) groups excluding carboxylic acids is 2. The molecule has 0 heterocycles. The lowest BCUT2D eigenvalue weighted by atomic mass is 10.2. The van der Waals surface area contributed by atoms with Crippen molar-refractivity contribution >= 4 is 27.5 Å². The van der Waals surface area contributed by atoms with Gasteiger partial charge >= 0.3 is 0 Å². The topological polar surface area (TPSA) is 114 Å². The summed E-state index contributed by atoms with van der Waals surface area (Å²) in [6, 6.07) is 10.9. The Morgan fingerprint density at radius 2 is 1.74 bits per heavy atom. The first-order valence-electron chi connectivity index (χ1n) is 7.74. The van der Waals surface area contributed by atoms with Crippen molar-refractivity contribution in [3.05, 3.63) is 59.9 Å². The van der Waals surface area contributed by atoms with Gasteiger partial charge in [-0.1, -0.05) is 6.07 Å². The summed E-state index contributed by atoms with van der Waals surface area (Å²) in [6.07, 6.45) is 0.0386. The molecule has 144 valence electrons. The maximum absolute atomic E-state index is 12.9. The van der Waals surface area contributed by atoms with Crippen LogP contribution in [0.5, 0.6) is 5.75 Å². The number of anilines is 1. The van der Waals surface area contributed by atoms with Crippen molar-refractivity contribution in [2.75, 3.05) is 11.0 Å². The highest BCUT2D eigenvalue weighted by atomic mass is 32.2. The molecule has 0 spiro atoms. The summed E-state index contributed by atoms with van der Waals surface area (Å²) >= 11 is 0. The van der Waals surface area contributed by atoms with E-state index in [2.05, 4.69) is 15.6 Å². The Labute approximate surface area is 155 Å². The van der Waals surface area contributed by atoms with Crippen LogP contribution in [0.2, 0.25) is 0 Å². The predicted octanol–water partition coefficient (Wildman–Crippen LogP) is 1.43. The van der Waals surface area contributed by atoms with E-state index in [4.69, 9.17) is 4.74 Å². The van der Waals surface area contributed by atoms with E-state index in [-0.39, 0.29) is 11.3 Å². The number of halogens is 1. The van der Waals surface area contributed by atoms with Crippen molar-refractivity contribution in [3.63, 3.8) is 0 Å². The molecule has 3 N–H and O–H groups in total. The first-order valence-corrected chi connectivity index (χ1v) is 9.63. The van der Waals surface area contributed by atoms with Crippen LogP contribution >= 0.6 is 0 Å². The molecule has 27 heavy (non-hydrogen) atoms. The molecule has 8 nitrogen and oxygen atoms in total. The molecule has 1 unspecified atom stereocenters. The van der Waals surface area contributed by atoms with Gasteiger partial charge in [-0.3, -0.25) is 25.2 Å². The van der Waals surface area contributed by atoms with Crippen molar-refractivity contribution in [2.45, 2.75) is 13.0 Å². The minimum atomic E-state index is -3.48. The molecule has 0 aliphatic heterocycles. The normalized spacial score (nSPS) is 12.0. The molecule has 0 bridgehead atoms. The van der Waals surface area contributed by atoms with Crippen molar-refractivity contribution in [1.29, 1.82) is 0 Å². The Balaban J connectivity index is 1.91. The zero-order valence-electron chi connectivity index (χ0n) is 14.5. The van der Waals surface area contributed by atoms with Gasteiger partial charge in [0, 0.05) is 11.3 Å². The number of nitrogens with one attached hydrogen (secondary N) is 3. The molecular formula is C17H18FN3O5S. The average molecular weight is 395 g/mol. The molecule has 0 saturated heterocycles. The summed E-state index contributed by atoms with van der Waals surface area (Å²) in [7, 11) is -3.48. The summed E-state index contributed by atoms with van der Waals surface area (Å²) in [5, 5.41) is 0. The van der Waals surface area contributed by atoms with Crippen LogP contribution in [-0.4, -0.2) is 32.6 Å². The second kappa shape index (κ2) is 8.49.